The monoisotopic (exact) mass is 204 g/mol. The van der Waals surface area contributed by atoms with Gasteiger partial charge in [0.15, 0.2) is 0 Å². The van der Waals surface area contributed by atoms with Crippen molar-refractivity contribution in [2.24, 2.45) is 0 Å². The summed E-state index contributed by atoms with van der Waals surface area (Å²) >= 11 is 0. The van der Waals surface area contributed by atoms with Crippen molar-refractivity contribution in [2.75, 3.05) is 0 Å². The summed E-state index contributed by atoms with van der Waals surface area (Å²) in [5.41, 5.74) is 0.634. The van der Waals surface area contributed by atoms with Crippen LogP contribution in [-0.2, 0) is 4.74 Å². The molecule has 0 aliphatic rings. The second kappa shape index (κ2) is 5.59. The molecule has 0 radical (unpaired) electrons. The molecule has 15 heavy (non-hydrogen) atoms. The molecule has 0 aliphatic carbocycles. The number of ether oxygens (including phenoxy) is 1. The number of carbonyl (C=O) groups excluding carboxylic acids is 1. The number of carbonyl (C=O) groups is 1. The Balaban J connectivity index is 2.53. The second-order valence-corrected chi connectivity index (χ2v) is 2.74. The van der Waals surface area contributed by atoms with Gasteiger partial charge in [-0.2, -0.15) is 0 Å². The van der Waals surface area contributed by atoms with E-state index < -0.39 is 6.09 Å². The summed E-state index contributed by atoms with van der Waals surface area (Å²) in [5.74, 6) is 0.0186. The molecule has 78 valence electrons. The molecular weight excluding hydrogens is 192 g/mol. The van der Waals surface area contributed by atoms with E-state index in [0.29, 0.717) is 5.56 Å². The van der Waals surface area contributed by atoms with Gasteiger partial charge in [0, 0.05) is 5.56 Å². The van der Waals surface area contributed by atoms with E-state index in [4.69, 9.17) is 5.41 Å². The Labute approximate surface area is 88.1 Å². The minimum absolute atomic E-state index is 0.0186. The standard InChI is InChI=1S/C11H12N2O2/c1-2-8-15-11(14)13-10(12)9-6-4-3-5-7-9/h2-8H,1H3,(H2,12,13,14)/b8-2-. The van der Waals surface area contributed by atoms with Gasteiger partial charge in [0.25, 0.3) is 0 Å². The van der Waals surface area contributed by atoms with Crippen LogP contribution in [-0.4, -0.2) is 11.9 Å². The van der Waals surface area contributed by atoms with Gasteiger partial charge in [0.2, 0.25) is 0 Å². The maximum absolute atomic E-state index is 11.1. The molecule has 0 unspecified atom stereocenters. The number of hydrogen-bond acceptors (Lipinski definition) is 3. The summed E-state index contributed by atoms with van der Waals surface area (Å²) < 4.78 is 4.61. The van der Waals surface area contributed by atoms with E-state index in [1.807, 2.05) is 6.07 Å². The third kappa shape index (κ3) is 3.64. The van der Waals surface area contributed by atoms with Crippen LogP contribution >= 0.6 is 0 Å². The lowest BCUT2D eigenvalue weighted by atomic mass is 10.2. The number of alkyl carbamates (subject to hydrolysis) is 1. The summed E-state index contributed by atoms with van der Waals surface area (Å²) in [5, 5.41) is 9.86. The van der Waals surface area contributed by atoms with E-state index in [-0.39, 0.29) is 5.84 Å². The van der Waals surface area contributed by atoms with Gasteiger partial charge in [-0.15, -0.1) is 0 Å². The molecule has 0 spiro atoms. The van der Waals surface area contributed by atoms with E-state index in [0.717, 1.165) is 0 Å². The zero-order valence-electron chi connectivity index (χ0n) is 8.36. The van der Waals surface area contributed by atoms with Crippen LogP contribution in [0.15, 0.2) is 42.7 Å². The molecule has 0 fully saturated rings. The first kappa shape index (κ1) is 11.0. The molecule has 1 aromatic carbocycles. The largest absolute Gasteiger partial charge is 0.418 e. The highest BCUT2D eigenvalue weighted by atomic mass is 16.5. The van der Waals surface area contributed by atoms with Gasteiger partial charge >= 0.3 is 6.09 Å². The Hall–Kier alpha value is -2.10. The lowest BCUT2D eigenvalue weighted by Crippen LogP contribution is -2.29. The fraction of sp³-hybridized carbons (Fsp3) is 0.0909. The lowest BCUT2D eigenvalue weighted by Gasteiger charge is -2.04. The van der Waals surface area contributed by atoms with Gasteiger partial charge in [-0.3, -0.25) is 10.7 Å². The van der Waals surface area contributed by atoms with Gasteiger partial charge < -0.3 is 4.74 Å². The topological polar surface area (TPSA) is 62.2 Å². The summed E-state index contributed by atoms with van der Waals surface area (Å²) in [6.45, 7) is 1.73. The highest BCUT2D eigenvalue weighted by molar-refractivity contribution is 6.04. The molecule has 0 aromatic heterocycles. The van der Waals surface area contributed by atoms with Crippen molar-refractivity contribution >= 4 is 11.9 Å². The van der Waals surface area contributed by atoms with Gasteiger partial charge in [-0.25, -0.2) is 4.79 Å². The molecule has 0 saturated carbocycles. The molecular formula is C11H12N2O2. The summed E-state index contributed by atoms with van der Waals surface area (Å²) in [6.07, 6.45) is 2.18. The number of hydrogen-bond donors (Lipinski definition) is 2. The highest BCUT2D eigenvalue weighted by Gasteiger charge is 2.05. The Morgan fingerprint density at radius 1 is 1.40 bits per heavy atom. The van der Waals surface area contributed by atoms with Crippen molar-refractivity contribution in [2.45, 2.75) is 6.92 Å². The minimum atomic E-state index is -0.665. The third-order valence-electron chi connectivity index (χ3n) is 1.60. The fourth-order valence-electron chi connectivity index (χ4n) is 0.938. The molecule has 0 saturated heterocycles. The molecule has 1 amide bonds. The first-order valence-corrected chi connectivity index (χ1v) is 4.47. The molecule has 0 atom stereocenters. The highest BCUT2D eigenvalue weighted by Crippen LogP contribution is 1.97. The first-order chi connectivity index (χ1) is 7.24. The third-order valence-corrected chi connectivity index (χ3v) is 1.60. The summed E-state index contributed by atoms with van der Waals surface area (Å²) in [7, 11) is 0. The molecule has 4 nitrogen and oxygen atoms in total. The summed E-state index contributed by atoms with van der Waals surface area (Å²) in [6, 6.07) is 8.90. The zero-order valence-corrected chi connectivity index (χ0v) is 8.36. The Morgan fingerprint density at radius 2 is 2.07 bits per heavy atom. The van der Waals surface area contributed by atoms with Crippen molar-refractivity contribution in [1.82, 2.24) is 5.32 Å². The molecule has 4 heteroatoms. The molecule has 1 aromatic rings. The van der Waals surface area contributed by atoms with E-state index >= 15 is 0 Å². The minimum Gasteiger partial charge on any atom is -0.418 e. The first-order valence-electron chi connectivity index (χ1n) is 4.47. The Morgan fingerprint density at radius 3 is 2.67 bits per heavy atom. The van der Waals surface area contributed by atoms with Crippen LogP contribution in [0.4, 0.5) is 4.79 Å². The average Bonchev–Trinajstić information content (AvgIpc) is 2.27. The van der Waals surface area contributed by atoms with Gasteiger partial charge in [-0.05, 0) is 6.92 Å². The van der Waals surface area contributed by atoms with Crippen LogP contribution in [0.2, 0.25) is 0 Å². The predicted molar refractivity (Wildman–Crippen MR) is 57.7 cm³/mol. The quantitative estimate of drug-likeness (QED) is 0.441. The van der Waals surface area contributed by atoms with Crippen LogP contribution < -0.4 is 5.32 Å². The van der Waals surface area contributed by atoms with Crippen LogP contribution in [0.1, 0.15) is 12.5 Å². The maximum Gasteiger partial charge on any atom is 0.417 e. The van der Waals surface area contributed by atoms with Crippen LogP contribution in [0, 0.1) is 5.41 Å². The molecule has 0 bridgehead atoms. The predicted octanol–water partition coefficient (Wildman–Crippen LogP) is 2.27. The zero-order chi connectivity index (χ0) is 11.1. The van der Waals surface area contributed by atoms with Crippen LogP contribution in [0.25, 0.3) is 0 Å². The molecule has 1 rings (SSSR count). The van der Waals surface area contributed by atoms with Crippen LogP contribution in [0.3, 0.4) is 0 Å². The summed E-state index contributed by atoms with van der Waals surface area (Å²) in [4.78, 5) is 11.1. The van der Waals surface area contributed by atoms with Gasteiger partial charge in [0.1, 0.15) is 5.84 Å². The van der Waals surface area contributed by atoms with Crippen molar-refractivity contribution in [1.29, 1.82) is 5.41 Å². The number of rotatable bonds is 2. The SMILES string of the molecule is C/C=C\OC(=O)NC(=N)c1ccccc1. The van der Waals surface area contributed by atoms with Gasteiger partial charge in [0.05, 0.1) is 6.26 Å². The number of allylic oxidation sites excluding steroid dienone is 1. The number of amides is 1. The van der Waals surface area contributed by atoms with Crippen molar-refractivity contribution in [3.8, 4) is 0 Å². The van der Waals surface area contributed by atoms with E-state index in [1.54, 1.807) is 37.3 Å². The van der Waals surface area contributed by atoms with Crippen molar-refractivity contribution in [3.63, 3.8) is 0 Å². The number of amidine groups is 1. The average molecular weight is 204 g/mol. The Bertz CT molecular complexity index is 371. The normalized spacial score (nSPS) is 9.93. The van der Waals surface area contributed by atoms with Crippen molar-refractivity contribution < 1.29 is 9.53 Å². The Kier molecular flexibility index (Phi) is 4.09. The molecule has 0 aliphatic heterocycles. The smallest absolute Gasteiger partial charge is 0.417 e. The maximum atomic E-state index is 11.1. The lowest BCUT2D eigenvalue weighted by molar-refractivity contribution is 0.191. The van der Waals surface area contributed by atoms with E-state index in [2.05, 4.69) is 10.1 Å². The second-order valence-electron chi connectivity index (χ2n) is 2.74. The number of benzene rings is 1. The number of nitrogens with one attached hydrogen (secondary N) is 2. The molecule has 2 N–H and O–H groups in total. The van der Waals surface area contributed by atoms with Gasteiger partial charge in [-0.1, -0.05) is 36.4 Å². The fourth-order valence-corrected chi connectivity index (χ4v) is 0.938. The van der Waals surface area contributed by atoms with E-state index in [1.165, 1.54) is 6.26 Å². The van der Waals surface area contributed by atoms with E-state index in [9.17, 15) is 4.79 Å². The molecule has 0 heterocycles. The van der Waals surface area contributed by atoms with Crippen molar-refractivity contribution in [3.05, 3.63) is 48.2 Å². The van der Waals surface area contributed by atoms with Crippen LogP contribution in [0.5, 0.6) is 0 Å².